The number of ether oxygens (including phenoxy) is 1. The van der Waals surface area contributed by atoms with Gasteiger partial charge in [-0.05, 0) is 0 Å². The molecule has 0 radical (unpaired) electrons. The number of anilines is 2. The number of rotatable bonds is 5. The number of ketones is 1. The summed E-state index contributed by atoms with van der Waals surface area (Å²) in [6.45, 7) is 0.343. The molecular weight excluding hydrogens is 386 g/mol. The van der Waals surface area contributed by atoms with Gasteiger partial charge in [-0.25, -0.2) is 13.6 Å². The molecule has 11 heteroatoms. The lowest BCUT2D eigenvalue weighted by atomic mass is 10.1. The van der Waals surface area contributed by atoms with Crippen molar-refractivity contribution in [2.45, 2.75) is 25.4 Å². The minimum Gasteiger partial charge on any atom is -0.444 e. The molecule has 2 fully saturated rings. The fourth-order valence-electron chi connectivity index (χ4n) is 3.15. The standard InChI is InChI=1S/C16H18F2N2O6S/c17-13-7-10(8-14(18)15(13)19-4-1-11(21)2-5-19)20-9-12(26-16(20)22)3-6-27(23,24)25/h7-8,12H,1-6,9H2,(H,23,24,25). The second-order valence-electron chi connectivity index (χ2n) is 6.47. The predicted octanol–water partition coefficient (Wildman–Crippen LogP) is 1.74. The molecule has 2 saturated heterocycles. The van der Waals surface area contributed by atoms with Gasteiger partial charge in [-0.2, -0.15) is 8.42 Å². The molecule has 1 unspecified atom stereocenters. The number of cyclic esters (lactones) is 1. The minimum atomic E-state index is -4.21. The molecule has 2 heterocycles. The number of amides is 1. The Kier molecular flexibility index (Phi) is 5.33. The highest BCUT2D eigenvalue weighted by Crippen LogP contribution is 2.32. The number of nitrogens with zero attached hydrogens (tertiary/aromatic N) is 2. The fraction of sp³-hybridized carbons (Fsp3) is 0.500. The van der Waals surface area contributed by atoms with Crippen molar-refractivity contribution in [2.75, 3.05) is 35.2 Å². The molecule has 1 N–H and O–H groups in total. The van der Waals surface area contributed by atoms with E-state index in [4.69, 9.17) is 9.29 Å². The van der Waals surface area contributed by atoms with Gasteiger partial charge in [-0.3, -0.25) is 14.2 Å². The van der Waals surface area contributed by atoms with Crippen LogP contribution in [-0.2, 0) is 19.6 Å². The molecule has 3 rings (SSSR count). The van der Waals surface area contributed by atoms with Gasteiger partial charge in [0, 0.05) is 44.5 Å². The Bertz CT molecular complexity index is 843. The molecule has 148 valence electrons. The predicted molar refractivity (Wildman–Crippen MR) is 91.5 cm³/mol. The first kappa shape index (κ1) is 19.5. The van der Waals surface area contributed by atoms with Crippen LogP contribution >= 0.6 is 0 Å². The van der Waals surface area contributed by atoms with E-state index in [1.54, 1.807) is 0 Å². The van der Waals surface area contributed by atoms with Gasteiger partial charge in [0.25, 0.3) is 10.1 Å². The summed E-state index contributed by atoms with van der Waals surface area (Å²) in [5.74, 6) is -2.28. The van der Waals surface area contributed by atoms with Gasteiger partial charge in [0.15, 0.2) is 11.6 Å². The molecule has 0 saturated carbocycles. The number of benzene rings is 1. The zero-order valence-corrected chi connectivity index (χ0v) is 15.0. The Balaban J connectivity index is 1.76. The van der Waals surface area contributed by atoms with Crippen molar-refractivity contribution in [3.63, 3.8) is 0 Å². The Labute approximate surface area is 154 Å². The molecular formula is C16H18F2N2O6S. The van der Waals surface area contributed by atoms with E-state index in [0.29, 0.717) is 0 Å². The van der Waals surface area contributed by atoms with Gasteiger partial charge in [0.05, 0.1) is 18.0 Å². The topological polar surface area (TPSA) is 104 Å². The van der Waals surface area contributed by atoms with E-state index in [2.05, 4.69) is 0 Å². The third-order valence-electron chi connectivity index (χ3n) is 4.52. The molecule has 0 aromatic heterocycles. The third-order valence-corrected chi connectivity index (χ3v) is 5.27. The van der Waals surface area contributed by atoms with Crippen LogP contribution in [-0.4, -0.2) is 56.3 Å². The Morgan fingerprint density at radius 2 is 1.74 bits per heavy atom. The summed E-state index contributed by atoms with van der Waals surface area (Å²) >= 11 is 0. The highest BCUT2D eigenvalue weighted by Gasteiger charge is 2.34. The van der Waals surface area contributed by atoms with Crippen molar-refractivity contribution < 1.29 is 36.1 Å². The van der Waals surface area contributed by atoms with Crippen molar-refractivity contribution in [3.8, 4) is 0 Å². The van der Waals surface area contributed by atoms with E-state index in [1.807, 2.05) is 0 Å². The van der Waals surface area contributed by atoms with Gasteiger partial charge in [-0.15, -0.1) is 0 Å². The number of carbonyl (C=O) groups excluding carboxylic acids is 2. The first-order chi connectivity index (χ1) is 12.6. The van der Waals surface area contributed by atoms with Crippen LogP contribution < -0.4 is 9.80 Å². The number of piperidine rings is 1. The van der Waals surface area contributed by atoms with Gasteiger partial charge in [0.2, 0.25) is 0 Å². The van der Waals surface area contributed by atoms with Crippen molar-refractivity contribution in [3.05, 3.63) is 23.8 Å². The maximum Gasteiger partial charge on any atom is 0.414 e. The van der Waals surface area contributed by atoms with Crippen LogP contribution in [0.4, 0.5) is 25.0 Å². The number of hydrogen-bond acceptors (Lipinski definition) is 6. The number of carbonyl (C=O) groups is 2. The second kappa shape index (κ2) is 7.39. The van der Waals surface area contributed by atoms with Crippen LogP contribution in [0.5, 0.6) is 0 Å². The lowest BCUT2D eigenvalue weighted by Gasteiger charge is -2.29. The van der Waals surface area contributed by atoms with Gasteiger partial charge < -0.3 is 9.64 Å². The van der Waals surface area contributed by atoms with Crippen LogP contribution in [0, 0.1) is 11.6 Å². The van der Waals surface area contributed by atoms with Crippen LogP contribution in [0.25, 0.3) is 0 Å². The highest BCUT2D eigenvalue weighted by atomic mass is 32.2. The van der Waals surface area contributed by atoms with E-state index in [-0.39, 0.29) is 56.1 Å². The SMILES string of the molecule is O=C1CCN(c2c(F)cc(N3CC(CCS(=O)(=O)O)OC3=O)cc2F)CC1. The van der Waals surface area contributed by atoms with Crippen LogP contribution in [0.3, 0.4) is 0 Å². The molecule has 27 heavy (non-hydrogen) atoms. The molecule has 0 aliphatic carbocycles. The lowest BCUT2D eigenvalue weighted by molar-refractivity contribution is -0.119. The molecule has 2 aliphatic heterocycles. The quantitative estimate of drug-likeness (QED) is 0.746. The van der Waals surface area contributed by atoms with Crippen LogP contribution in [0.15, 0.2) is 12.1 Å². The third kappa shape index (κ3) is 4.53. The Morgan fingerprint density at radius 1 is 1.15 bits per heavy atom. The average molecular weight is 404 g/mol. The van der Waals surface area contributed by atoms with E-state index in [9.17, 15) is 26.8 Å². The van der Waals surface area contributed by atoms with Crippen LogP contribution in [0.1, 0.15) is 19.3 Å². The zero-order chi connectivity index (χ0) is 19.8. The monoisotopic (exact) mass is 404 g/mol. The maximum atomic E-state index is 14.5. The summed E-state index contributed by atoms with van der Waals surface area (Å²) in [4.78, 5) is 25.7. The highest BCUT2D eigenvalue weighted by molar-refractivity contribution is 7.85. The normalized spacial score (nSPS) is 20.9. The fourth-order valence-corrected chi connectivity index (χ4v) is 3.71. The van der Waals surface area contributed by atoms with Crippen LogP contribution in [0.2, 0.25) is 0 Å². The molecule has 2 aliphatic rings. The number of halogens is 2. The summed E-state index contributed by atoms with van der Waals surface area (Å²) in [6, 6.07) is 2.00. The molecule has 0 spiro atoms. The Morgan fingerprint density at radius 3 is 2.30 bits per heavy atom. The van der Waals surface area contributed by atoms with Crippen molar-refractivity contribution in [1.29, 1.82) is 0 Å². The van der Waals surface area contributed by atoms with Crippen molar-refractivity contribution >= 4 is 33.4 Å². The summed E-state index contributed by atoms with van der Waals surface area (Å²) in [5.41, 5.74) is -0.303. The van der Waals surface area contributed by atoms with Crippen molar-refractivity contribution in [1.82, 2.24) is 0 Å². The first-order valence-electron chi connectivity index (χ1n) is 8.33. The van der Waals surface area contributed by atoms with Gasteiger partial charge >= 0.3 is 6.09 Å². The summed E-state index contributed by atoms with van der Waals surface area (Å²) in [6.07, 6.45) is -1.38. The summed E-state index contributed by atoms with van der Waals surface area (Å²) in [7, 11) is -4.21. The van der Waals surface area contributed by atoms with Gasteiger partial charge in [-0.1, -0.05) is 0 Å². The van der Waals surface area contributed by atoms with E-state index >= 15 is 0 Å². The summed E-state index contributed by atoms with van der Waals surface area (Å²) < 4.78 is 64.4. The second-order valence-corrected chi connectivity index (χ2v) is 8.05. The molecule has 1 aromatic rings. The average Bonchev–Trinajstić information content (AvgIpc) is 2.94. The van der Waals surface area contributed by atoms with Crippen molar-refractivity contribution in [2.24, 2.45) is 0 Å². The molecule has 8 nitrogen and oxygen atoms in total. The number of hydrogen-bond donors (Lipinski definition) is 1. The summed E-state index contributed by atoms with van der Waals surface area (Å²) in [5, 5.41) is 0. The smallest absolute Gasteiger partial charge is 0.414 e. The van der Waals surface area contributed by atoms with E-state index in [0.717, 1.165) is 17.0 Å². The Hall–Kier alpha value is -2.27. The zero-order valence-electron chi connectivity index (χ0n) is 14.2. The lowest BCUT2D eigenvalue weighted by Crippen LogP contribution is -2.35. The molecule has 1 aromatic carbocycles. The first-order valence-corrected chi connectivity index (χ1v) is 9.94. The van der Waals surface area contributed by atoms with Gasteiger partial charge in [0.1, 0.15) is 17.6 Å². The molecule has 0 bridgehead atoms. The van der Waals surface area contributed by atoms with E-state index < -0.39 is 39.7 Å². The minimum absolute atomic E-state index is 0.0411. The number of Topliss-reactive ketones (excluding diaryl/α,β-unsaturated/α-hetero) is 1. The largest absolute Gasteiger partial charge is 0.444 e. The maximum absolute atomic E-state index is 14.5. The molecule has 1 amide bonds. The van der Waals surface area contributed by atoms with E-state index in [1.165, 1.54) is 4.90 Å². The molecule has 1 atom stereocenters.